The number of benzene rings is 2. The minimum atomic E-state index is -0.686. The summed E-state index contributed by atoms with van der Waals surface area (Å²) in [7, 11) is 0. The Hall–Kier alpha value is -1.89. The number of halogens is 3. The van der Waals surface area contributed by atoms with E-state index in [-0.39, 0.29) is 27.8 Å². The zero-order valence-corrected chi connectivity index (χ0v) is 15.7. The van der Waals surface area contributed by atoms with Crippen LogP contribution in [-0.4, -0.2) is 29.2 Å². The first-order valence-corrected chi connectivity index (χ1v) is 8.67. The maximum atomic E-state index is 12.3. The van der Waals surface area contributed by atoms with Crippen LogP contribution in [0.5, 0.6) is 0 Å². The Balaban J connectivity index is 1.67. The van der Waals surface area contributed by atoms with Crippen LogP contribution in [0.4, 0.5) is 0 Å². The van der Waals surface area contributed by atoms with E-state index in [4.69, 9.17) is 27.9 Å². The molecular formula is C17H10BrCl2NO4. The average Bonchev–Trinajstić information content (AvgIpc) is 2.80. The van der Waals surface area contributed by atoms with Gasteiger partial charge in [-0.05, 0) is 29.8 Å². The summed E-state index contributed by atoms with van der Waals surface area (Å²) in [6.07, 6.45) is 0. The first kappa shape index (κ1) is 17.9. The summed E-state index contributed by atoms with van der Waals surface area (Å²) < 4.78 is 6.03. The van der Waals surface area contributed by atoms with Crippen LogP contribution in [0.3, 0.4) is 0 Å². The minimum absolute atomic E-state index is 0.0486. The van der Waals surface area contributed by atoms with Crippen LogP contribution in [0, 0.1) is 0 Å². The predicted octanol–water partition coefficient (Wildman–Crippen LogP) is 4.10. The molecule has 3 rings (SSSR count). The summed E-state index contributed by atoms with van der Waals surface area (Å²) in [6.45, 7) is -0.426. The zero-order valence-electron chi connectivity index (χ0n) is 12.6. The van der Waals surface area contributed by atoms with E-state index in [9.17, 15) is 14.4 Å². The summed E-state index contributed by atoms with van der Waals surface area (Å²) >= 11 is 15.1. The number of hydrogen-bond donors (Lipinski definition) is 0. The molecule has 2 aromatic carbocycles. The van der Waals surface area contributed by atoms with Crippen molar-refractivity contribution in [2.24, 2.45) is 0 Å². The highest BCUT2D eigenvalue weighted by Gasteiger charge is 2.37. The molecule has 0 N–H and O–H groups in total. The first-order valence-electron chi connectivity index (χ1n) is 7.12. The number of fused-ring (bicyclic) bond motifs is 1. The molecule has 2 aromatic rings. The van der Waals surface area contributed by atoms with Crippen molar-refractivity contribution in [1.29, 1.82) is 0 Å². The van der Waals surface area contributed by atoms with E-state index < -0.39 is 24.3 Å². The SMILES string of the molecule is O=C(CN1C(=O)c2cc(Cl)c(Cl)cc2C1=O)OCc1ccc(Br)cc1. The highest BCUT2D eigenvalue weighted by molar-refractivity contribution is 9.10. The van der Waals surface area contributed by atoms with Crippen molar-refractivity contribution in [2.75, 3.05) is 6.54 Å². The van der Waals surface area contributed by atoms with Crippen LogP contribution in [0.1, 0.15) is 26.3 Å². The lowest BCUT2D eigenvalue weighted by Crippen LogP contribution is -2.35. The standard InChI is InChI=1S/C17H10BrCl2NO4/c18-10-3-1-9(2-4-10)8-25-15(22)7-21-16(23)11-5-13(19)14(20)6-12(11)17(21)24/h1-6H,7-8H2. The van der Waals surface area contributed by atoms with Crippen molar-refractivity contribution >= 4 is 56.9 Å². The molecule has 8 heteroatoms. The maximum Gasteiger partial charge on any atom is 0.326 e. The van der Waals surface area contributed by atoms with Crippen LogP contribution < -0.4 is 0 Å². The van der Waals surface area contributed by atoms with E-state index in [1.54, 1.807) is 12.1 Å². The molecule has 1 heterocycles. The van der Waals surface area contributed by atoms with Crippen molar-refractivity contribution in [3.05, 3.63) is 67.6 Å². The lowest BCUT2D eigenvalue weighted by molar-refractivity contribution is -0.145. The summed E-state index contributed by atoms with van der Waals surface area (Å²) in [4.78, 5) is 37.4. The molecule has 0 fully saturated rings. The zero-order chi connectivity index (χ0) is 18.1. The van der Waals surface area contributed by atoms with Gasteiger partial charge in [-0.2, -0.15) is 0 Å². The number of hydrogen-bond acceptors (Lipinski definition) is 4. The second-order valence-corrected chi connectivity index (χ2v) is 7.03. The van der Waals surface area contributed by atoms with Crippen molar-refractivity contribution in [1.82, 2.24) is 4.90 Å². The summed E-state index contributed by atoms with van der Waals surface area (Å²) in [5, 5.41) is 0.336. The molecule has 0 saturated carbocycles. The second-order valence-electron chi connectivity index (χ2n) is 5.30. The summed E-state index contributed by atoms with van der Waals surface area (Å²) in [5.74, 6) is -1.88. The van der Waals surface area contributed by atoms with Gasteiger partial charge >= 0.3 is 5.97 Å². The molecular weight excluding hydrogens is 433 g/mol. The molecule has 25 heavy (non-hydrogen) atoms. The fraction of sp³-hybridized carbons (Fsp3) is 0.118. The van der Waals surface area contributed by atoms with Gasteiger partial charge < -0.3 is 4.74 Å². The number of nitrogens with zero attached hydrogens (tertiary/aromatic N) is 1. The Morgan fingerprint density at radius 3 is 2.04 bits per heavy atom. The van der Waals surface area contributed by atoms with Gasteiger partial charge in [0.2, 0.25) is 0 Å². The molecule has 0 spiro atoms. The maximum absolute atomic E-state index is 12.3. The average molecular weight is 443 g/mol. The fourth-order valence-electron chi connectivity index (χ4n) is 2.35. The van der Waals surface area contributed by atoms with E-state index >= 15 is 0 Å². The van der Waals surface area contributed by atoms with Gasteiger partial charge in [-0.15, -0.1) is 0 Å². The van der Waals surface area contributed by atoms with Crippen molar-refractivity contribution < 1.29 is 19.1 Å². The Morgan fingerprint density at radius 2 is 1.52 bits per heavy atom. The molecule has 128 valence electrons. The highest BCUT2D eigenvalue weighted by Crippen LogP contribution is 2.31. The van der Waals surface area contributed by atoms with Gasteiger partial charge in [0.25, 0.3) is 11.8 Å². The Bertz CT molecular complexity index is 842. The molecule has 2 amide bonds. The molecule has 0 bridgehead atoms. The Labute approximate surface area is 161 Å². The highest BCUT2D eigenvalue weighted by atomic mass is 79.9. The molecule has 0 saturated heterocycles. The molecule has 1 aliphatic rings. The lowest BCUT2D eigenvalue weighted by Gasteiger charge is -2.13. The topological polar surface area (TPSA) is 63.7 Å². The van der Waals surface area contributed by atoms with Crippen LogP contribution in [0.25, 0.3) is 0 Å². The minimum Gasteiger partial charge on any atom is -0.459 e. The summed E-state index contributed by atoms with van der Waals surface area (Å²) in [5.41, 5.74) is 1.04. The van der Waals surface area contributed by atoms with Gasteiger partial charge in [-0.3, -0.25) is 19.3 Å². The monoisotopic (exact) mass is 441 g/mol. The second kappa shape index (κ2) is 7.15. The number of esters is 1. The molecule has 1 aliphatic heterocycles. The van der Waals surface area contributed by atoms with Gasteiger partial charge in [0.15, 0.2) is 0 Å². The molecule has 0 aromatic heterocycles. The predicted molar refractivity (Wildman–Crippen MR) is 95.8 cm³/mol. The van der Waals surface area contributed by atoms with Crippen molar-refractivity contribution in [2.45, 2.75) is 6.61 Å². The smallest absolute Gasteiger partial charge is 0.326 e. The van der Waals surface area contributed by atoms with E-state index in [2.05, 4.69) is 15.9 Å². The van der Waals surface area contributed by atoms with E-state index in [1.165, 1.54) is 12.1 Å². The largest absolute Gasteiger partial charge is 0.459 e. The van der Waals surface area contributed by atoms with Crippen LogP contribution >= 0.6 is 39.1 Å². The molecule has 0 aliphatic carbocycles. The fourth-order valence-corrected chi connectivity index (χ4v) is 2.94. The number of ether oxygens (including phenoxy) is 1. The third-order valence-electron chi connectivity index (χ3n) is 3.61. The number of amides is 2. The van der Waals surface area contributed by atoms with E-state index in [0.29, 0.717) is 0 Å². The van der Waals surface area contributed by atoms with Gasteiger partial charge in [0, 0.05) is 4.47 Å². The molecule has 5 nitrogen and oxygen atoms in total. The van der Waals surface area contributed by atoms with Crippen molar-refractivity contribution in [3.8, 4) is 0 Å². The molecule has 0 radical (unpaired) electrons. The number of carbonyl (C=O) groups excluding carboxylic acids is 3. The molecule has 0 unspecified atom stereocenters. The van der Waals surface area contributed by atoms with Crippen LogP contribution in [-0.2, 0) is 16.1 Å². The lowest BCUT2D eigenvalue weighted by atomic mass is 10.1. The van der Waals surface area contributed by atoms with E-state index in [1.807, 2.05) is 12.1 Å². The Morgan fingerprint density at radius 1 is 1.00 bits per heavy atom. The van der Waals surface area contributed by atoms with Crippen LogP contribution in [0.15, 0.2) is 40.9 Å². The molecule has 0 atom stereocenters. The van der Waals surface area contributed by atoms with Gasteiger partial charge in [0.05, 0.1) is 21.2 Å². The first-order chi connectivity index (χ1) is 11.9. The van der Waals surface area contributed by atoms with Crippen molar-refractivity contribution in [3.63, 3.8) is 0 Å². The number of rotatable bonds is 4. The normalized spacial score (nSPS) is 13.2. The quantitative estimate of drug-likeness (QED) is 0.528. The third kappa shape index (κ3) is 3.71. The third-order valence-corrected chi connectivity index (χ3v) is 4.86. The summed E-state index contributed by atoms with van der Waals surface area (Å²) in [6, 6.07) is 9.88. The van der Waals surface area contributed by atoms with Crippen LogP contribution in [0.2, 0.25) is 10.0 Å². The number of carbonyl (C=O) groups is 3. The van der Waals surface area contributed by atoms with E-state index in [0.717, 1.165) is 14.9 Å². The van der Waals surface area contributed by atoms with Gasteiger partial charge in [-0.25, -0.2) is 0 Å². The van der Waals surface area contributed by atoms with Gasteiger partial charge in [0.1, 0.15) is 13.2 Å². The number of imide groups is 1. The van der Waals surface area contributed by atoms with Gasteiger partial charge in [-0.1, -0.05) is 51.3 Å². The Kier molecular flexibility index (Phi) is 5.13.